The van der Waals surface area contributed by atoms with E-state index in [1.807, 2.05) is 17.0 Å². The highest BCUT2D eigenvalue weighted by Crippen LogP contribution is 2.22. The van der Waals surface area contributed by atoms with Crippen LogP contribution in [0.1, 0.15) is 30.4 Å². The monoisotopic (exact) mass is 304 g/mol. The molecule has 0 radical (unpaired) electrons. The van der Waals surface area contributed by atoms with Gasteiger partial charge in [-0.25, -0.2) is 4.39 Å². The Labute approximate surface area is 132 Å². The SMILES string of the molecule is Cc1ccc(CC2CCN(CCN3CCCC3=O)C2)cc1F. The molecule has 0 aromatic heterocycles. The fourth-order valence-electron chi connectivity index (χ4n) is 3.58. The summed E-state index contributed by atoms with van der Waals surface area (Å²) in [5.74, 6) is 0.821. The molecule has 3 nitrogen and oxygen atoms in total. The first kappa shape index (κ1) is 15.5. The number of carbonyl (C=O) groups excluding carboxylic acids is 1. The van der Waals surface area contributed by atoms with E-state index in [1.165, 1.54) is 6.42 Å². The minimum atomic E-state index is -0.0973. The topological polar surface area (TPSA) is 23.6 Å². The fraction of sp³-hybridized carbons (Fsp3) is 0.611. The second kappa shape index (κ2) is 6.78. The Morgan fingerprint density at radius 2 is 2.14 bits per heavy atom. The van der Waals surface area contributed by atoms with E-state index in [0.717, 1.165) is 57.5 Å². The van der Waals surface area contributed by atoms with Gasteiger partial charge >= 0.3 is 0 Å². The van der Waals surface area contributed by atoms with Crippen molar-refractivity contribution in [1.29, 1.82) is 0 Å². The van der Waals surface area contributed by atoms with Crippen LogP contribution >= 0.6 is 0 Å². The molecular weight excluding hydrogens is 279 g/mol. The third-order valence-electron chi connectivity index (χ3n) is 4.99. The third kappa shape index (κ3) is 3.67. The molecule has 2 heterocycles. The zero-order chi connectivity index (χ0) is 15.5. The standard InChI is InChI=1S/C18H25FN2O/c1-14-4-5-15(12-17(14)19)11-16-6-8-20(13-16)9-10-21-7-2-3-18(21)22/h4-5,12,16H,2-3,6-11,13H2,1H3. The third-order valence-corrected chi connectivity index (χ3v) is 4.99. The molecule has 0 aliphatic carbocycles. The van der Waals surface area contributed by atoms with E-state index in [9.17, 15) is 9.18 Å². The molecule has 1 atom stereocenters. The van der Waals surface area contributed by atoms with E-state index in [2.05, 4.69) is 4.90 Å². The highest BCUT2D eigenvalue weighted by molar-refractivity contribution is 5.78. The lowest BCUT2D eigenvalue weighted by Crippen LogP contribution is -2.34. The first-order valence-electron chi connectivity index (χ1n) is 8.37. The largest absolute Gasteiger partial charge is 0.341 e. The van der Waals surface area contributed by atoms with Gasteiger partial charge in [0.05, 0.1) is 0 Å². The number of likely N-dealkylation sites (tertiary alicyclic amines) is 2. The molecule has 0 N–H and O–H groups in total. The summed E-state index contributed by atoms with van der Waals surface area (Å²) in [7, 11) is 0. The maximum absolute atomic E-state index is 13.6. The van der Waals surface area contributed by atoms with Gasteiger partial charge in [-0.3, -0.25) is 4.79 Å². The summed E-state index contributed by atoms with van der Waals surface area (Å²) in [6, 6.07) is 5.60. The van der Waals surface area contributed by atoms with Gasteiger partial charge in [0.2, 0.25) is 5.91 Å². The Balaban J connectivity index is 1.45. The molecule has 2 saturated heterocycles. The van der Waals surface area contributed by atoms with Crippen LogP contribution in [0.3, 0.4) is 0 Å². The molecule has 120 valence electrons. The van der Waals surface area contributed by atoms with Crippen LogP contribution < -0.4 is 0 Å². The summed E-state index contributed by atoms with van der Waals surface area (Å²) in [6.45, 7) is 6.74. The van der Waals surface area contributed by atoms with Gasteiger partial charge in [0.15, 0.2) is 0 Å². The molecule has 1 unspecified atom stereocenters. The second-order valence-electron chi connectivity index (χ2n) is 6.73. The van der Waals surface area contributed by atoms with Gasteiger partial charge < -0.3 is 9.80 Å². The number of hydrogen-bond donors (Lipinski definition) is 0. The molecule has 1 aromatic rings. The van der Waals surface area contributed by atoms with E-state index in [0.29, 0.717) is 17.4 Å². The number of halogens is 1. The molecule has 0 spiro atoms. The zero-order valence-electron chi connectivity index (χ0n) is 13.4. The van der Waals surface area contributed by atoms with Gasteiger partial charge in [-0.1, -0.05) is 12.1 Å². The van der Waals surface area contributed by atoms with Crippen molar-refractivity contribution in [3.63, 3.8) is 0 Å². The lowest BCUT2D eigenvalue weighted by Gasteiger charge is -2.21. The Morgan fingerprint density at radius 1 is 1.27 bits per heavy atom. The Morgan fingerprint density at radius 3 is 2.86 bits per heavy atom. The van der Waals surface area contributed by atoms with E-state index < -0.39 is 0 Å². The minimum Gasteiger partial charge on any atom is -0.341 e. The second-order valence-corrected chi connectivity index (χ2v) is 6.73. The highest BCUT2D eigenvalue weighted by atomic mass is 19.1. The van der Waals surface area contributed by atoms with Crippen molar-refractivity contribution in [2.24, 2.45) is 5.92 Å². The summed E-state index contributed by atoms with van der Waals surface area (Å²) in [5, 5.41) is 0. The van der Waals surface area contributed by atoms with Gasteiger partial charge in [-0.2, -0.15) is 0 Å². The number of rotatable bonds is 5. The van der Waals surface area contributed by atoms with Crippen LogP contribution in [0, 0.1) is 18.7 Å². The van der Waals surface area contributed by atoms with E-state index in [1.54, 1.807) is 13.0 Å². The first-order chi connectivity index (χ1) is 10.6. The number of aryl methyl sites for hydroxylation is 1. The Bertz CT molecular complexity index is 546. The van der Waals surface area contributed by atoms with Crippen LogP contribution in [-0.2, 0) is 11.2 Å². The highest BCUT2D eigenvalue weighted by Gasteiger charge is 2.25. The van der Waals surface area contributed by atoms with Gasteiger partial charge in [0, 0.05) is 32.6 Å². The summed E-state index contributed by atoms with van der Waals surface area (Å²) in [4.78, 5) is 16.0. The van der Waals surface area contributed by atoms with Crippen molar-refractivity contribution < 1.29 is 9.18 Å². The first-order valence-corrected chi connectivity index (χ1v) is 8.37. The average molecular weight is 304 g/mol. The number of hydrogen-bond acceptors (Lipinski definition) is 2. The molecule has 3 rings (SSSR count). The molecule has 2 fully saturated rings. The summed E-state index contributed by atoms with van der Waals surface area (Å²) < 4.78 is 13.6. The molecule has 1 amide bonds. The maximum atomic E-state index is 13.6. The van der Waals surface area contributed by atoms with Crippen LogP contribution in [0.4, 0.5) is 4.39 Å². The predicted molar refractivity (Wildman–Crippen MR) is 85.2 cm³/mol. The molecular formula is C18H25FN2O. The molecule has 1 aromatic carbocycles. The van der Waals surface area contributed by atoms with Crippen molar-refractivity contribution in [1.82, 2.24) is 9.80 Å². The van der Waals surface area contributed by atoms with Gasteiger partial charge in [-0.15, -0.1) is 0 Å². The number of nitrogens with zero attached hydrogens (tertiary/aromatic N) is 2. The summed E-state index contributed by atoms with van der Waals surface area (Å²) >= 11 is 0. The number of carbonyl (C=O) groups is 1. The van der Waals surface area contributed by atoms with Crippen LogP contribution in [0.5, 0.6) is 0 Å². The smallest absolute Gasteiger partial charge is 0.222 e. The quantitative estimate of drug-likeness (QED) is 0.835. The van der Waals surface area contributed by atoms with E-state index in [4.69, 9.17) is 0 Å². The van der Waals surface area contributed by atoms with Crippen LogP contribution in [0.15, 0.2) is 18.2 Å². The Kier molecular flexibility index (Phi) is 4.77. The van der Waals surface area contributed by atoms with Crippen molar-refractivity contribution in [2.45, 2.75) is 32.6 Å². The number of amides is 1. The molecule has 4 heteroatoms. The van der Waals surface area contributed by atoms with E-state index in [-0.39, 0.29) is 5.82 Å². The summed E-state index contributed by atoms with van der Waals surface area (Å²) in [5.41, 5.74) is 1.82. The average Bonchev–Trinajstić information content (AvgIpc) is 3.10. The van der Waals surface area contributed by atoms with Crippen LogP contribution in [0.2, 0.25) is 0 Å². The normalized spacial score (nSPS) is 22.7. The molecule has 2 aliphatic heterocycles. The van der Waals surface area contributed by atoms with E-state index >= 15 is 0 Å². The van der Waals surface area contributed by atoms with Crippen molar-refractivity contribution in [3.8, 4) is 0 Å². The van der Waals surface area contributed by atoms with Crippen LogP contribution in [-0.4, -0.2) is 48.4 Å². The molecule has 0 bridgehead atoms. The molecule has 0 saturated carbocycles. The van der Waals surface area contributed by atoms with Gasteiger partial charge in [0.25, 0.3) is 0 Å². The van der Waals surface area contributed by atoms with Crippen LogP contribution in [0.25, 0.3) is 0 Å². The molecule has 22 heavy (non-hydrogen) atoms. The maximum Gasteiger partial charge on any atom is 0.222 e. The van der Waals surface area contributed by atoms with Crippen molar-refractivity contribution in [2.75, 3.05) is 32.7 Å². The fourth-order valence-corrected chi connectivity index (χ4v) is 3.58. The van der Waals surface area contributed by atoms with Gasteiger partial charge in [0.1, 0.15) is 5.82 Å². The van der Waals surface area contributed by atoms with Crippen molar-refractivity contribution in [3.05, 3.63) is 35.1 Å². The minimum absolute atomic E-state index is 0.0973. The predicted octanol–water partition coefficient (Wildman–Crippen LogP) is 2.62. The Hall–Kier alpha value is -1.42. The zero-order valence-corrected chi connectivity index (χ0v) is 13.4. The van der Waals surface area contributed by atoms with Gasteiger partial charge in [-0.05, 0) is 55.8 Å². The summed E-state index contributed by atoms with van der Waals surface area (Å²) in [6.07, 6.45) is 3.86. The van der Waals surface area contributed by atoms with Crippen molar-refractivity contribution >= 4 is 5.91 Å². The lowest BCUT2D eigenvalue weighted by molar-refractivity contribution is -0.127. The number of benzene rings is 1. The lowest BCUT2D eigenvalue weighted by atomic mass is 9.98. The molecule has 2 aliphatic rings.